The topological polar surface area (TPSA) is 53.2 Å². The Morgan fingerprint density at radius 1 is 1.20 bits per heavy atom. The summed E-state index contributed by atoms with van der Waals surface area (Å²) in [4.78, 5) is 7.83. The average Bonchev–Trinajstić information content (AvgIpc) is 3.16. The molecule has 11 heteroatoms. The van der Waals surface area contributed by atoms with Crippen LogP contribution in [0.2, 0.25) is 0 Å². The van der Waals surface area contributed by atoms with Crippen LogP contribution in [-0.2, 0) is 6.42 Å². The van der Waals surface area contributed by atoms with Crippen molar-refractivity contribution >= 4 is 10.9 Å². The highest BCUT2D eigenvalue weighted by Gasteiger charge is 2.44. The maximum Gasteiger partial charge on any atom is 0.401 e. The van der Waals surface area contributed by atoms with Crippen LogP contribution in [-0.4, -0.2) is 60.0 Å². The number of aromatic amines is 1. The largest absolute Gasteiger partial charge is 0.474 e. The molecule has 4 rings (SSSR count). The highest BCUT2D eigenvalue weighted by molar-refractivity contribution is 5.85. The molecule has 0 saturated heterocycles. The molecule has 0 fully saturated rings. The quantitative estimate of drug-likeness (QED) is 0.318. The second-order valence-corrected chi connectivity index (χ2v) is 8.59. The van der Waals surface area contributed by atoms with Crippen molar-refractivity contribution in [3.05, 3.63) is 58.9 Å². The Kier molecular flexibility index (Phi) is 7.56. The maximum atomic E-state index is 15.6. The van der Waals surface area contributed by atoms with Gasteiger partial charge in [-0.15, -0.1) is 0 Å². The molecule has 0 saturated carbocycles. The van der Waals surface area contributed by atoms with Gasteiger partial charge in [-0.1, -0.05) is 18.2 Å². The molecule has 2 atom stereocenters. The molecule has 3 aromatic rings. The summed E-state index contributed by atoms with van der Waals surface area (Å²) in [6, 6.07) is 5.17. The van der Waals surface area contributed by atoms with E-state index in [1.807, 2.05) is 6.07 Å². The molecule has 5 nitrogen and oxygen atoms in total. The minimum absolute atomic E-state index is 0.0355. The summed E-state index contributed by atoms with van der Waals surface area (Å²) in [5.41, 5.74) is 1.17. The maximum absolute atomic E-state index is 15.6. The van der Waals surface area contributed by atoms with E-state index in [0.717, 1.165) is 22.0 Å². The lowest BCUT2D eigenvalue weighted by Crippen LogP contribution is -2.47. The van der Waals surface area contributed by atoms with Crippen LogP contribution in [0, 0.1) is 11.6 Å². The number of hydrogen-bond acceptors (Lipinski definition) is 4. The fraction of sp³-hybridized carbons (Fsp3) is 0.458. The summed E-state index contributed by atoms with van der Waals surface area (Å²) < 4.78 is 88.9. The van der Waals surface area contributed by atoms with Crippen LogP contribution in [0.5, 0.6) is 5.88 Å². The predicted octanol–water partition coefficient (Wildman–Crippen LogP) is 5.07. The average molecular weight is 500 g/mol. The van der Waals surface area contributed by atoms with Gasteiger partial charge in [-0.3, -0.25) is 9.29 Å². The first-order chi connectivity index (χ1) is 16.7. The summed E-state index contributed by atoms with van der Waals surface area (Å²) in [7, 11) is 0. The number of ether oxygens (including phenoxy) is 1. The molecular formula is C24H26F6N4O. The van der Waals surface area contributed by atoms with Crippen LogP contribution in [0.25, 0.3) is 10.9 Å². The van der Waals surface area contributed by atoms with Crippen molar-refractivity contribution in [1.29, 1.82) is 0 Å². The molecule has 0 unspecified atom stereocenters. The lowest BCUT2D eigenvalue weighted by Gasteiger charge is -2.41. The lowest BCUT2D eigenvalue weighted by molar-refractivity contribution is -0.155. The zero-order valence-electron chi connectivity index (χ0n) is 19.1. The highest BCUT2D eigenvalue weighted by atomic mass is 19.4. The van der Waals surface area contributed by atoms with Crippen molar-refractivity contribution < 1.29 is 31.1 Å². The molecule has 190 valence electrons. The third-order valence-corrected chi connectivity index (χ3v) is 6.13. The van der Waals surface area contributed by atoms with Crippen molar-refractivity contribution in [2.24, 2.45) is 0 Å². The number of aromatic nitrogens is 2. The van der Waals surface area contributed by atoms with Crippen molar-refractivity contribution in [3.8, 4) is 5.88 Å². The molecule has 2 N–H and O–H groups in total. The van der Waals surface area contributed by atoms with E-state index in [-0.39, 0.29) is 19.6 Å². The normalized spacial score (nSPS) is 18.7. The van der Waals surface area contributed by atoms with Crippen LogP contribution in [0.3, 0.4) is 0 Å². The summed E-state index contributed by atoms with van der Waals surface area (Å²) in [5, 5.41) is 3.71. The van der Waals surface area contributed by atoms with E-state index in [1.165, 1.54) is 0 Å². The number of benzene rings is 1. The molecule has 35 heavy (non-hydrogen) atoms. The molecular weight excluding hydrogens is 474 g/mol. The summed E-state index contributed by atoms with van der Waals surface area (Å²) in [5.74, 6) is -2.71. The highest BCUT2D eigenvalue weighted by Crippen LogP contribution is 2.44. The smallest absolute Gasteiger partial charge is 0.401 e. The Hall–Kier alpha value is -2.79. The van der Waals surface area contributed by atoms with Gasteiger partial charge in [-0.2, -0.15) is 13.2 Å². The number of fused-ring (bicyclic) bond motifs is 3. The molecule has 2 aromatic heterocycles. The zero-order chi connectivity index (χ0) is 25.2. The molecule has 0 amide bonds. The van der Waals surface area contributed by atoms with E-state index < -0.39 is 54.6 Å². The number of para-hydroxylation sites is 1. The monoisotopic (exact) mass is 500 g/mol. The van der Waals surface area contributed by atoms with Crippen molar-refractivity contribution in [1.82, 2.24) is 20.2 Å². The van der Waals surface area contributed by atoms with E-state index in [0.29, 0.717) is 24.2 Å². The number of rotatable bonds is 9. The first-order valence-electron chi connectivity index (χ1n) is 11.4. The van der Waals surface area contributed by atoms with Gasteiger partial charge >= 0.3 is 6.18 Å². The molecule has 1 aliphatic heterocycles. The van der Waals surface area contributed by atoms with Gasteiger partial charge in [0.2, 0.25) is 0 Å². The van der Waals surface area contributed by atoms with Crippen LogP contribution in [0.4, 0.5) is 26.3 Å². The molecule has 3 heterocycles. The molecule has 0 spiro atoms. The molecule has 0 radical (unpaired) electrons. The molecule has 1 aliphatic rings. The third-order valence-electron chi connectivity index (χ3n) is 6.13. The Labute approximate surface area is 198 Å². The van der Waals surface area contributed by atoms with Crippen molar-refractivity contribution in [2.45, 2.75) is 38.0 Å². The van der Waals surface area contributed by atoms with E-state index in [4.69, 9.17) is 4.74 Å². The first kappa shape index (κ1) is 25.3. The van der Waals surface area contributed by atoms with Crippen molar-refractivity contribution in [3.63, 3.8) is 0 Å². The summed E-state index contributed by atoms with van der Waals surface area (Å²) in [6.07, 6.45) is -3.22. The molecule has 1 aromatic carbocycles. The Balaban J connectivity index is 1.75. The van der Waals surface area contributed by atoms with Crippen LogP contribution < -0.4 is 10.1 Å². The van der Waals surface area contributed by atoms with Gasteiger partial charge < -0.3 is 15.0 Å². The lowest BCUT2D eigenvalue weighted by atomic mass is 9.88. The van der Waals surface area contributed by atoms with E-state index in [1.54, 1.807) is 25.1 Å². The van der Waals surface area contributed by atoms with Crippen LogP contribution in [0.15, 0.2) is 30.5 Å². The fourth-order valence-corrected chi connectivity index (χ4v) is 4.62. The van der Waals surface area contributed by atoms with Gasteiger partial charge in [0.1, 0.15) is 12.4 Å². The minimum atomic E-state index is -4.58. The van der Waals surface area contributed by atoms with Gasteiger partial charge in [0.15, 0.2) is 5.82 Å². The third kappa shape index (κ3) is 5.40. The van der Waals surface area contributed by atoms with Crippen LogP contribution in [0.1, 0.15) is 36.2 Å². The van der Waals surface area contributed by atoms with Gasteiger partial charge in [0, 0.05) is 29.2 Å². The Morgan fingerprint density at radius 3 is 2.71 bits per heavy atom. The SMILES string of the molecule is C[C@@H]1Cc2c([nH]c3ccccc23)[C@@H](c2c(F)cnc(OCCNCCCF)c2F)N1CC(F)(F)F. The second-order valence-electron chi connectivity index (χ2n) is 8.59. The number of H-pyrrole nitrogens is 1. The number of halogens is 6. The number of pyridine rings is 1. The van der Waals surface area contributed by atoms with Gasteiger partial charge in [-0.05, 0) is 37.9 Å². The second kappa shape index (κ2) is 10.4. The van der Waals surface area contributed by atoms with Gasteiger partial charge in [0.25, 0.3) is 5.88 Å². The minimum Gasteiger partial charge on any atom is -0.474 e. The predicted molar refractivity (Wildman–Crippen MR) is 119 cm³/mol. The van der Waals surface area contributed by atoms with E-state index in [9.17, 15) is 17.6 Å². The van der Waals surface area contributed by atoms with Crippen LogP contribution >= 0.6 is 0 Å². The van der Waals surface area contributed by atoms with E-state index in [2.05, 4.69) is 15.3 Å². The van der Waals surface area contributed by atoms with E-state index >= 15 is 8.78 Å². The Morgan fingerprint density at radius 2 is 1.97 bits per heavy atom. The Bertz CT molecular complexity index is 1160. The standard InChI is InChI=1S/C24H26F6N4O/c1-14-11-16-15-5-2-3-6-18(15)33-21(16)22(34(14)13-24(28,29)30)19-17(26)12-32-23(20(19)27)35-10-9-31-8-4-7-25/h2-3,5-6,12,14,22,31,33H,4,7-11,13H2,1H3/t14-,22-/m1/s1. The van der Waals surface area contributed by atoms with Gasteiger partial charge in [0.05, 0.1) is 31.0 Å². The fourth-order valence-electron chi connectivity index (χ4n) is 4.62. The zero-order valence-corrected chi connectivity index (χ0v) is 19.1. The number of alkyl halides is 4. The first-order valence-corrected chi connectivity index (χ1v) is 11.4. The molecule has 0 aliphatic carbocycles. The number of hydrogen-bond donors (Lipinski definition) is 2. The van der Waals surface area contributed by atoms with Gasteiger partial charge in [-0.25, -0.2) is 13.8 Å². The number of nitrogens with one attached hydrogen (secondary N) is 2. The summed E-state index contributed by atoms with van der Waals surface area (Å²) >= 11 is 0. The van der Waals surface area contributed by atoms with Crippen molar-refractivity contribution in [2.75, 3.05) is 32.9 Å². The molecule has 0 bridgehead atoms. The number of nitrogens with zero attached hydrogens (tertiary/aromatic N) is 2. The summed E-state index contributed by atoms with van der Waals surface area (Å²) in [6.45, 7) is 0.423.